The Balaban J connectivity index is 1.37. The highest BCUT2D eigenvalue weighted by atomic mass is 19.1. The predicted octanol–water partition coefficient (Wildman–Crippen LogP) is 5.50. The van der Waals surface area contributed by atoms with Crippen molar-refractivity contribution in [3.8, 4) is 11.3 Å². The van der Waals surface area contributed by atoms with E-state index in [4.69, 9.17) is 0 Å². The molecule has 0 radical (unpaired) electrons. The minimum atomic E-state index is -0.637. The summed E-state index contributed by atoms with van der Waals surface area (Å²) in [6.07, 6.45) is 2.94. The van der Waals surface area contributed by atoms with E-state index in [0.717, 1.165) is 44.5 Å². The fraction of sp³-hybridized carbons (Fsp3) is 0.429. The number of aromatic nitrogens is 5. The molecule has 1 aliphatic rings. The zero-order valence-corrected chi connectivity index (χ0v) is 22.5. The minimum absolute atomic E-state index is 0.00826. The second-order valence-corrected chi connectivity index (χ2v) is 10.1. The highest BCUT2D eigenvalue weighted by Crippen LogP contribution is 2.30. The minimum Gasteiger partial charge on any atom is -0.326 e. The van der Waals surface area contributed by atoms with E-state index in [0.29, 0.717) is 22.7 Å². The molecule has 1 aliphatic heterocycles. The molecule has 1 aromatic carbocycles. The Hall–Kier alpha value is -3.50. The number of aryl methyl sites for hydroxylation is 1. The summed E-state index contributed by atoms with van der Waals surface area (Å²) in [4.78, 5) is 22.3. The van der Waals surface area contributed by atoms with Gasteiger partial charge in [-0.1, -0.05) is 13.0 Å². The third-order valence-electron chi connectivity index (χ3n) is 7.37. The summed E-state index contributed by atoms with van der Waals surface area (Å²) in [7, 11) is 0. The Morgan fingerprint density at radius 2 is 1.71 bits per heavy atom. The van der Waals surface area contributed by atoms with Gasteiger partial charge in [0, 0.05) is 50.0 Å². The molecule has 4 aromatic rings. The molecule has 10 heteroatoms. The maximum Gasteiger partial charge on any atom is 0.229 e. The maximum atomic E-state index is 15.0. The van der Waals surface area contributed by atoms with Crippen LogP contribution in [0.25, 0.3) is 22.3 Å². The van der Waals surface area contributed by atoms with Gasteiger partial charge in [0.15, 0.2) is 11.6 Å². The molecule has 0 aliphatic carbocycles. The molecule has 3 aromatic heterocycles. The first kappa shape index (κ1) is 26.1. The normalized spacial score (nSPS) is 15.9. The van der Waals surface area contributed by atoms with Gasteiger partial charge in [0.25, 0.3) is 0 Å². The van der Waals surface area contributed by atoms with Gasteiger partial charge in [-0.25, -0.2) is 28.7 Å². The number of nitrogens with one attached hydrogen (secondary N) is 1. The molecule has 1 saturated heterocycles. The van der Waals surface area contributed by atoms with E-state index in [9.17, 15) is 8.78 Å². The average Bonchev–Trinajstić information content (AvgIpc) is 3.26. The summed E-state index contributed by atoms with van der Waals surface area (Å²) in [5.74, 6) is 0.268. The number of likely N-dealkylation sites (N-methyl/N-ethyl adjacent to an activating group) is 1. The van der Waals surface area contributed by atoms with Crippen LogP contribution < -0.4 is 5.32 Å². The SMILES string of the molecule is CCN1CCN([C@H](C)c2ccc(Nc3ncc(F)c(-c4cc(F)c5nc(C)n(C(C)C)c5c4)n3)nc2)CC1. The van der Waals surface area contributed by atoms with Crippen LogP contribution in [0.5, 0.6) is 0 Å². The van der Waals surface area contributed by atoms with Crippen LogP contribution in [0, 0.1) is 18.6 Å². The van der Waals surface area contributed by atoms with Crippen LogP contribution in [0.4, 0.5) is 20.5 Å². The summed E-state index contributed by atoms with van der Waals surface area (Å²) in [5.41, 5.74) is 2.32. The monoisotopic (exact) mass is 520 g/mol. The van der Waals surface area contributed by atoms with Crippen molar-refractivity contribution in [3.63, 3.8) is 0 Å². The molecule has 38 heavy (non-hydrogen) atoms. The lowest BCUT2D eigenvalue weighted by Gasteiger charge is -2.37. The Bertz CT molecular complexity index is 1430. The molecule has 5 rings (SSSR count). The van der Waals surface area contributed by atoms with E-state index in [1.807, 2.05) is 43.7 Å². The Labute approximate surface area is 221 Å². The van der Waals surface area contributed by atoms with Crippen LogP contribution in [-0.4, -0.2) is 67.0 Å². The summed E-state index contributed by atoms with van der Waals surface area (Å²) in [6, 6.07) is 7.23. The number of piperazine rings is 1. The number of pyridine rings is 1. The van der Waals surface area contributed by atoms with Gasteiger partial charge in [0.05, 0.1) is 11.7 Å². The number of fused-ring (bicyclic) bond motifs is 1. The lowest BCUT2D eigenvalue weighted by Crippen LogP contribution is -2.46. The number of rotatable bonds is 7. The lowest BCUT2D eigenvalue weighted by atomic mass is 10.1. The topological polar surface area (TPSA) is 75.0 Å². The van der Waals surface area contributed by atoms with Crippen molar-refractivity contribution in [2.45, 2.75) is 46.7 Å². The standard InChI is InChI=1S/C28H34F2N8/c1-6-36-9-11-37(12-10-36)18(4)20-7-8-25(31-15-20)34-28-32-16-23(30)26(35-28)21-13-22(29)27-24(14-21)38(17(2)3)19(5)33-27/h7-8,13-18H,6,9-12H2,1-5H3,(H,31,32,34,35)/t18-/m1/s1. The molecule has 0 spiro atoms. The van der Waals surface area contributed by atoms with Gasteiger partial charge >= 0.3 is 0 Å². The van der Waals surface area contributed by atoms with Crippen LogP contribution in [0.3, 0.4) is 0 Å². The van der Waals surface area contributed by atoms with Crippen molar-refractivity contribution in [1.82, 2.24) is 34.3 Å². The predicted molar refractivity (Wildman–Crippen MR) is 145 cm³/mol. The van der Waals surface area contributed by atoms with Gasteiger partial charge in [-0.15, -0.1) is 0 Å². The Kier molecular flexibility index (Phi) is 7.36. The van der Waals surface area contributed by atoms with E-state index < -0.39 is 11.6 Å². The van der Waals surface area contributed by atoms with Crippen LogP contribution in [0.1, 0.15) is 51.2 Å². The fourth-order valence-electron chi connectivity index (χ4n) is 5.21. The van der Waals surface area contributed by atoms with Crippen molar-refractivity contribution in [1.29, 1.82) is 0 Å². The first-order valence-electron chi connectivity index (χ1n) is 13.2. The van der Waals surface area contributed by atoms with Crippen LogP contribution >= 0.6 is 0 Å². The zero-order chi connectivity index (χ0) is 27.0. The third-order valence-corrected chi connectivity index (χ3v) is 7.37. The fourth-order valence-corrected chi connectivity index (χ4v) is 5.21. The van der Waals surface area contributed by atoms with Crippen molar-refractivity contribution in [2.75, 3.05) is 38.0 Å². The molecule has 1 fully saturated rings. The molecule has 0 bridgehead atoms. The summed E-state index contributed by atoms with van der Waals surface area (Å²) >= 11 is 0. The maximum absolute atomic E-state index is 15.0. The van der Waals surface area contributed by atoms with Crippen molar-refractivity contribution >= 4 is 22.8 Å². The molecule has 4 heterocycles. The molecular formula is C28H34F2N8. The number of benzene rings is 1. The quantitative estimate of drug-likeness (QED) is 0.345. The van der Waals surface area contributed by atoms with Crippen molar-refractivity contribution in [3.05, 3.63) is 59.7 Å². The number of hydrogen-bond donors (Lipinski definition) is 1. The van der Waals surface area contributed by atoms with Gasteiger partial charge in [-0.3, -0.25) is 4.90 Å². The number of anilines is 2. The number of nitrogens with zero attached hydrogens (tertiary/aromatic N) is 7. The van der Waals surface area contributed by atoms with Gasteiger partial charge in [-0.2, -0.15) is 0 Å². The summed E-state index contributed by atoms with van der Waals surface area (Å²) in [6.45, 7) is 15.5. The molecule has 0 amide bonds. The molecule has 1 N–H and O–H groups in total. The second-order valence-electron chi connectivity index (χ2n) is 10.1. The highest BCUT2D eigenvalue weighted by Gasteiger charge is 2.22. The van der Waals surface area contributed by atoms with Crippen LogP contribution in [0.15, 0.2) is 36.7 Å². The first-order valence-corrected chi connectivity index (χ1v) is 13.2. The molecule has 0 saturated carbocycles. The van der Waals surface area contributed by atoms with Gasteiger partial charge in [0.1, 0.15) is 22.9 Å². The Morgan fingerprint density at radius 1 is 0.947 bits per heavy atom. The van der Waals surface area contributed by atoms with E-state index in [1.165, 1.54) is 6.07 Å². The first-order chi connectivity index (χ1) is 18.2. The average molecular weight is 521 g/mol. The van der Waals surface area contributed by atoms with Gasteiger partial charge in [0.2, 0.25) is 5.95 Å². The third kappa shape index (κ3) is 5.10. The van der Waals surface area contributed by atoms with Crippen molar-refractivity contribution < 1.29 is 8.78 Å². The number of imidazole rings is 1. The van der Waals surface area contributed by atoms with E-state index in [1.54, 1.807) is 6.07 Å². The Morgan fingerprint density at radius 3 is 2.37 bits per heavy atom. The van der Waals surface area contributed by atoms with Gasteiger partial charge in [-0.05, 0) is 58.0 Å². The molecular weight excluding hydrogens is 486 g/mol. The largest absolute Gasteiger partial charge is 0.326 e. The summed E-state index contributed by atoms with van der Waals surface area (Å²) < 4.78 is 31.7. The molecule has 1 atom stereocenters. The van der Waals surface area contributed by atoms with E-state index in [2.05, 4.69) is 48.9 Å². The molecule has 8 nitrogen and oxygen atoms in total. The second kappa shape index (κ2) is 10.7. The molecule has 0 unspecified atom stereocenters. The number of halogens is 2. The van der Waals surface area contributed by atoms with E-state index >= 15 is 0 Å². The smallest absolute Gasteiger partial charge is 0.229 e. The molecule has 200 valence electrons. The van der Waals surface area contributed by atoms with Crippen LogP contribution in [-0.2, 0) is 0 Å². The zero-order valence-electron chi connectivity index (χ0n) is 22.5. The number of hydrogen-bond acceptors (Lipinski definition) is 7. The lowest BCUT2D eigenvalue weighted by molar-refractivity contribution is 0.106. The van der Waals surface area contributed by atoms with Gasteiger partial charge < -0.3 is 14.8 Å². The van der Waals surface area contributed by atoms with Crippen LogP contribution in [0.2, 0.25) is 0 Å². The summed E-state index contributed by atoms with van der Waals surface area (Å²) in [5, 5.41) is 3.05. The van der Waals surface area contributed by atoms with E-state index in [-0.39, 0.29) is 29.2 Å². The van der Waals surface area contributed by atoms with Crippen molar-refractivity contribution in [2.24, 2.45) is 0 Å². The highest BCUT2D eigenvalue weighted by molar-refractivity contribution is 5.83.